The van der Waals surface area contributed by atoms with Crippen LogP contribution in [0.15, 0.2) is 0 Å². The van der Waals surface area contributed by atoms with Crippen molar-refractivity contribution in [3.05, 3.63) is 0 Å². The highest BCUT2D eigenvalue weighted by atomic mass is 16.5. The molecule has 0 unspecified atom stereocenters. The first-order valence-electron chi connectivity index (χ1n) is 6.44. The van der Waals surface area contributed by atoms with E-state index in [0.717, 1.165) is 25.7 Å². The number of hydrogen-bond donors (Lipinski definition) is 0. The Morgan fingerprint density at radius 1 is 1.12 bits per heavy atom. The predicted octanol–water partition coefficient (Wildman–Crippen LogP) is 3.98. The van der Waals surface area contributed by atoms with Gasteiger partial charge in [0.25, 0.3) is 0 Å². The highest BCUT2D eigenvalue weighted by Crippen LogP contribution is 2.21. The zero-order valence-corrected chi connectivity index (χ0v) is 11.6. The number of Topliss-reactive ketones (excluding diaryl/α,β-unsaturated/α-hetero) is 1. The molecule has 0 atom stereocenters. The SMILES string of the molecule is CC(C)OCCCC(=O)CCCC(C)(C)C. The maximum atomic E-state index is 11.5. The molecule has 0 fully saturated rings. The summed E-state index contributed by atoms with van der Waals surface area (Å²) in [6.07, 6.45) is 4.70. The van der Waals surface area contributed by atoms with Crippen molar-refractivity contribution in [1.82, 2.24) is 0 Å². The Morgan fingerprint density at radius 2 is 1.69 bits per heavy atom. The van der Waals surface area contributed by atoms with E-state index in [2.05, 4.69) is 20.8 Å². The first-order valence-corrected chi connectivity index (χ1v) is 6.44. The van der Waals surface area contributed by atoms with Crippen molar-refractivity contribution in [3.63, 3.8) is 0 Å². The van der Waals surface area contributed by atoms with E-state index in [9.17, 15) is 4.79 Å². The van der Waals surface area contributed by atoms with Crippen LogP contribution in [0.1, 0.15) is 66.7 Å². The molecule has 2 nitrogen and oxygen atoms in total. The summed E-state index contributed by atoms with van der Waals surface area (Å²) in [5.74, 6) is 0.386. The van der Waals surface area contributed by atoms with Crippen molar-refractivity contribution < 1.29 is 9.53 Å². The highest BCUT2D eigenvalue weighted by molar-refractivity contribution is 5.78. The molecule has 0 rings (SSSR count). The number of ether oxygens (including phenoxy) is 1. The standard InChI is InChI=1S/C14H28O2/c1-12(2)16-11-7-9-13(15)8-6-10-14(3,4)5/h12H,6-11H2,1-5H3. The lowest BCUT2D eigenvalue weighted by Gasteiger charge is -2.17. The van der Waals surface area contributed by atoms with Crippen LogP contribution in [0.5, 0.6) is 0 Å². The first kappa shape index (κ1) is 15.6. The number of carbonyl (C=O) groups excluding carboxylic acids is 1. The molecule has 0 heterocycles. The average Bonchev–Trinajstić information content (AvgIpc) is 2.10. The Bertz CT molecular complexity index is 189. The molecule has 0 aromatic carbocycles. The van der Waals surface area contributed by atoms with E-state index in [1.54, 1.807) is 0 Å². The van der Waals surface area contributed by atoms with Crippen LogP contribution in [-0.2, 0) is 9.53 Å². The van der Waals surface area contributed by atoms with Crippen LogP contribution in [0.25, 0.3) is 0 Å². The molecule has 0 aromatic rings. The number of rotatable bonds is 8. The van der Waals surface area contributed by atoms with Gasteiger partial charge in [-0.3, -0.25) is 4.79 Å². The molecule has 0 saturated carbocycles. The number of carbonyl (C=O) groups is 1. The van der Waals surface area contributed by atoms with E-state index in [1.807, 2.05) is 13.8 Å². The van der Waals surface area contributed by atoms with Crippen LogP contribution < -0.4 is 0 Å². The second-order valence-corrected chi connectivity index (χ2v) is 5.98. The van der Waals surface area contributed by atoms with Gasteiger partial charge in [-0.25, -0.2) is 0 Å². The van der Waals surface area contributed by atoms with Gasteiger partial charge in [-0.2, -0.15) is 0 Å². The summed E-state index contributed by atoms with van der Waals surface area (Å²) in [6.45, 7) is 11.4. The molecular weight excluding hydrogens is 200 g/mol. The largest absolute Gasteiger partial charge is 0.379 e. The molecule has 0 spiro atoms. The summed E-state index contributed by atoms with van der Waals surface area (Å²) in [4.78, 5) is 11.5. The van der Waals surface area contributed by atoms with Crippen LogP contribution >= 0.6 is 0 Å². The third-order valence-electron chi connectivity index (χ3n) is 2.43. The van der Waals surface area contributed by atoms with Gasteiger partial charge in [0.15, 0.2) is 0 Å². The molecule has 0 radical (unpaired) electrons. The van der Waals surface area contributed by atoms with E-state index in [1.165, 1.54) is 0 Å². The Balaban J connectivity index is 3.39. The maximum Gasteiger partial charge on any atom is 0.132 e. The van der Waals surface area contributed by atoms with E-state index in [-0.39, 0.29) is 6.10 Å². The van der Waals surface area contributed by atoms with Gasteiger partial charge in [-0.15, -0.1) is 0 Å². The molecule has 2 heteroatoms. The van der Waals surface area contributed by atoms with Gasteiger partial charge in [0.1, 0.15) is 5.78 Å². The summed E-state index contributed by atoms with van der Waals surface area (Å²) in [5.41, 5.74) is 0.348. The van der Waals surface area contributed by atoms with Gasteiger partial charge in [0, 0.05) is 19.4 Å². The third-order valence-corrected chi connectivity index (χ3v) is 2.43. The number of ketones is 1. The Labute approximate surface area is 101 Å². The van der Waals surface area contributed by atoms with Crippen molar-refractivity contribution in [2.75, 3.05) is 6.61 Å². The number of hydrogen-bond acceptors (Lipinski definition) is 2. The van der Waals surface area contributed by atoms with E-state index < -0.39 is 0 Å². The van der Waals surface area contributed by atoms with Crippen LogP contribution in [-0.4, -0.2) is 18.5 Å². The van der Waals surface area contributed by atoms with Gasteiger partial charge in [0.05, 0.1) is 6.10 Å². The highest BCUT2D eigenvalue weighted by Gasteiger charge is 2.10. The Morgan fingerprint density at radius 3 is 2.19 bits per heavy atom. The fourth-order valence-corrected chi connectivity index (χ4v) is 1.53. The quantitative estimate of drug-likeness (QED) is 0.587. The molecule has 0 bridgehead atoms. The van der Waals surface area contributed by atoms with E-state index in [4.69, 9.17) is 4.74 Å². The molecule has 16 heavy (non-hydrogen) atoms. The smallest absolute Gasteiger partial charge is 0.132 e. The molecule has 0 aliphatic carbocycles. The second-order valence-electron chi connectivity index (χ2n) is 5.98. The summed E-state index contributed by atoms with van der Waals surface area (Å²) < 4.78 is 5.40. The van der Waals surface area contributed by atoms with Crippen molar-refractivity contribution in [3.8, 4) is 0 Å². The average molecular weight is 228 g/mol. The van der Waals surface area contributed by atoms with Crippen molar-refractivity contribution in [2.24, 2.45) is 5.41 Å². The fourth-order valence-electron chi connectivity index (χ4n) is 1.53. The van der Waals surface area contributed by atoms with Crippen LogP contribution in [0.3, 0.4) is 0 Å². The molecule has 0 aliphatic heterocycles. The predicted molar refractivity (Wildman–Crippen MR) is 68.6 cm³/mol. The van der Waals surface area contributed by atoms with Gasteiger partial charge in [-0.05, 0) is 38.5 Å². The van der Waals surface area contributed by atoms with Gasteiger partial charge in [0.2, 0.25) is 0 Å². The minimum Gasteiger partial charge on any atom is -0.379 e. The third kappa shape index (κ3) is 11.7. The van der Waals surface area contributed by atoms with Gasteiger partial charge < -0.3 is 4.74 Å². The summed E-state index contributed by atoms with van der Waals surface area (Å²) >= 11 is 0. The first-order chi connectivity index (χ1) is 7.31. The zero-order valence-electron chi connectivity index (χ0n) is 11.6. The molecule has 0 amide bonds. The molecule has 0 aliphatic rings. The normalized spacial score (nSPS) is 12.1. The molecule has 0 aromatic heterocycles. The van der Waals surface area contributed by atoms with Crippen LogP contribution in [0, 0.1) is 5.41 Å². The lowest BCUT2D eigenvalue weighted by molar-refractivity contribution is -0.119. The lowest BCUT2D eigenvalue weighted by Crippen LogP contribution is -2.08. The summed E-state index contributed by atoms with van der Waals surface area (Å²) in [6, 6.07) is 0. The summed E-state index contributed by atoms with van der Waals surface area (Å²) in [7, 11) is 0. The fraction of sp³-hybridized carbons (Fsp3) is 0.929. The summed E-state index contributed by atoms with van der Waals surface area (Å²) in [5, 5.41) is 0. The van der Waals surface area contributed by atoms with Crippen LogP contribution in [0.2, 0.25) is 0 Å². The monoisotopic (exact) mass is 228 g/mol. The lowest BCUT2D eigenvalue weighted by atomic mass is 9.89. The Kier molecular flexibility index (Phi) is 7.65. The molecule has 0 saturated heterocycles. The van der Waals surface area contributed by atoms with Crippen molar-refractivity contribution >= 4 is 5.78 Å². The van der Waals surface area contributed by atoms with E-state index in [0.29, 0.717) is 24.2 Å². The molecular formula is C14H28O2. The van der Waals surface area contributed by atoms with Gasteiger partial charge >= 0.3 is 0 Å². The van der Waals surface area contributed by atoms with Crippen molar-refractivity contribution in [1.29, 1.82) is 0 Å². The van der Waals surface area contributed by atoms with Crippen molar-refractivity contribution in [2.45, 2.75) is 72.8 Å². The van der Waals surface area contributed by atoms with E-state index >= 15 is 0 Å². The molecule has 96 valence electrons. The topological polar surface area (TPSA) is 26.3 Å². The van der Waals surface area contributed by atoms with Crippen LogP contribution in [0.4, 0.5) is 0 Å². The zero-order chi connectivity index (χ0) is 12.6. The Hall–Kier alpha value is -0.370. The van der Waals surface area contributed by atoms with Gasteiger partial charge in [-0.1, -0.05) is 20.8 Å². The minimum absolute atomic E-state index is 0.274. The minimum atomic E-state index is 0.274. The maximum absolute atomic E-state index is 11.5. The second kappa shape index (κ2) is 7.83. The molecule has 0 N–H and O–H groups in total.